The van der Waals surface area contributed by atoms with Crippen LogP contribution in [0.15, 0.2) is 12.1 Å². The number of aryl methyl sites for hydroxylation is 1. The normalized spacial score (nSPS) is 15.2. The van der Waals surface area contributed by atoms with Gasteiger partial charge in [-0.1, -0.05) is 0 Å². The topological polar surface area (TPSA) is 72.0 Å². The Morgan fingerprint density at radius 3 is 2.25 bits per heavy atom. The summed E-state index contributed by atoms with van der Waals surface area (Å²) in [4.78, 5) is 31.8. The maximum Gasteiger partial charge on any atom is 0.410 e. The summed E-state index contributed by atoms with van der Waals surface area (Å²) in [6.07, 6.45) is -0.280. The Labute approximate surface area is 142 Å². The number of ether oxygens (including phenoxy) is 2. The molecule has 132 valence electrons. The summed E-state index contributed by atoms with van der Waals surface area (Å²) in [7, 11) is 1.34. The summed E-state index contributed by atoms with van der Waals surface area (Å²) < 4.78 is 10.1. The fourth-order valence-corrected chi connectivity index (χ4v) is 2.56. The number of amides is 1. The van der Waals surface area contributed by atoms with Crippen molar-refractivity contribution < 1.29 is 19.1 Å². The average Bonchev–Trinajstić information content (AvgIpc) is 2.52. The van der Waals surface area contributed by atoms with Gasteiger partial charge in [-0.15, -0.1) is 0 Å². The van der Waals surface area contributed by atoms with E-state index in [0.29, 0.717) is 31.9 Å². The molecule has 1 aliphatic rings. The second kappa shape index (κ2) is 7.07. The Bertz CT molecular complexity index is 617. The molecule has 0 radical (unpaired) electrons. The van der Waals surface area contributed by atoms with Crippen molar-refractivity contribution in [1.82, 2.24) is 9.88 Å². The number of hydrogen-bond acceptors (Lipinski definition) is 6. The summed E-state index contributed by atoms with van der Waals surface area (Å²) in [5, 5.41) is 0. The van der Waals surface area contributed by atoms with E-state index in [-0.39, 0.29) is 6.09 Å². The quantitative estimate of drug-likeness (QED) is 0.772. The minimum Gasteiger partial charge on any atom is -0.464 e. The summed E-state index contributed by atoms with van der Waals surface area (Å²) >= 11 is 0. The number of anilines is 1. The first-order valence-corrected chi connectivity index (χ1v) is 8.00. The number of rotatable bonds is 2. The summed E-state index contributed by atoms with van der Waals surface area (Å²) in [5.41, 5.74) is 1.54. The Balaban J connectivity index is 2.00. The molecule has 0 atom stereocenters. The highest BCUT2D eigenvalue weighted by Gasteiger charge is 2.26. The van der Waals surface area contributed by atoms with Crippen LogP contribution >= 0.6 is 0 Å². The third-order valence-corrected chi connectivity index (χ3v) is 3.72. The molecule has 1 aromatic rings. The van der Waals surface area contributed by atoms with E-state index in [0.717, 1.165) is 11.4 Å². The van der Waals surface area contributed by atoms with Gasteiger partial charge in [-0.25, -0.2) is 14.6 Å². The van der Waals surface area contributed by atoms with Gasteiger partial charge in [0, 0.05) is 26.2 Å². The number of methoxy groups -OCH3 is 1. The van der Waals surface area contributed by atoms with Crippen LogP contribution in [0.5, 0.6) is 0 Å². The first-order valence-electron chi connectivity index (χ1n) is 8.00. The number of pyridine rings is 1. The van der Waals surface area contributed by atoms with E-state index in [1.165, 1.54) is 7.11 Å². The van der Waals surface area contributed by atoms with Crippen LogP contribution in [-0.2, 0) is 9.47 Å². The molecule has 0 saturated carbocycles. The van der Waals surface area contributed by atoms with Crippen LogP contribution in [0.4, 0.5) is 10.5 Å². The zero-order chi connectivity index (χ0) is 17.9. The molecular formula is C17H25N3O4. The van der Waals surface area contributed by atoms with E-state index < -0.39 is 11.6 Å². The van der Waals surface area contributed by atoms with Crippen LogP contribution in [0, 0.1) is 6.92 Å². The molecule has 2 heterocycles. The van der Waals surface area contributed by atoms with Crippen molar-refractivity contribution in [2.45, 2.75) is 33.3 Å². The first-order chi connectivity index (χ1) is 11.2. The highest BCUT2D eigenvalue weighted by Crippen LogP contribution is 2.21. The SMILES string of the molecule is COC(=O)c1ccc(N2CCN(C(=O)OC(C)(C)C)CC2)c(C)n1. The number of aromatic nitrogens is 1. The van der Waals surface area contributed by atoms with E-state index in [2.05, 4.69) is 14.6 Å². The zero-order valence-corrected chi connectivity index (χ0v) is 15.0. The van der Waals surface area contributed by atoms with Crippen molar-refractivity contribution >= 4 is 17.7 Å². The molecule has 1 saturated heterocycles. The van der Waals surface area contributed by atoms with E-state index in [1.807, 2.05) is 33.8 Å². The maximum atomic E-state index is 12.1. The van der Waals surface area contributed by atoms with Gasteiger partial charge in [0.05, 0.1) is 18.5 Å². The molecular weight excluding hydrogens is 310 g/mol. The van der Waals surface area contributed by atoms with E-state index in [1.54, 1.807) is 11.0 Å². The predicted octanol–water partition coefficient (Wildman–Crippen LogP) is 2.23. The number of nitrogens with zero attached hydrogens (tertiary/aromatic N) is 3. The molecule has 0 spiro atoms. The van der Waals surface area contributed by atoms with Gasteiger partial charge in [0.2, 0.25) is 0 Å². The van der Waals surface area contributed by atoms with Crippen molar-refractivity contribution in [2.75, 3.05) is 38.2 Å². The monoisotopic (exact) mass is 335 g/mol. The highest BCUT2D eigenvalue weighted by atomic mass is 16.6. The number of piperazine rings is 1. The molecule has 0 unspecified atom stereocenters. The summed E-state index contributed by atoms with van der Waals surface area (Å²) in [5.74, 6) is -0.445. The van der Waals surface area contributed by atoms with Crippen LogP contribution in [-0.4, -0.2) is 60.8 Å². The number of carbonyl (C=O) groups is 2. The lowest BCUT2D eigenvalue weighted by Gasteiger charge is -2.37. The molecule has 0 aromatic carbocycles. The fourth-order valence-electron chi connectivity index (χ4n) is 2.56. The van der Waals surface area contributed by atoms with Crippen molar-refractivity contribution in [3.05, 3.63) is 23.5 Å². The van der Waals surface area contributed by atoms with Gasteiger partial charge in [-0.05, 0) is 39.8 Å². The van der Waals surface area contributed by atoms with Crippen molar-refractivity contribution in [3.63, 3.8) is 0 Å². The zero-order valence-electron chi connectivity index (χ0n) is 15.0. The fraction of sp³-hybridized carbons (Fsp3) is 0.588. The van der Waals surface area contributed by atoms with Crippen molar-refractivity contribution in [1.29, 1.82) is 0 Å². The largest absolute Gasteiger partial charge is 0.464 e. The molecule has 1 aliphatic heterocycles. The molecule has 7 heteroatoms. The number of hydrogen-bond donors (Lipinski definition) is 0. The number of carbonyl (C=O) groups excluding carboxylic acids is 2. The minimum atomic E-state index is -0.488. The van der Waals surface area contributed by atoms with Crippen LogP contribution in [0.25, 0.3) is 0 Å². The molecule has 1 aromatic heterocycles. The molecule has 1 fully saturated rings. The number of esters is 1. The summed E-state index contributed by atoms with van der Waals surface area (Å²) in [6.45, 7) is 10.0. The molecule has 0 aliphatic carbocycles. The third-order valence-electron chi connectivity index (χ3n) is 3.72. The molecule has 0 bridgehead atoms. The van der Waals surface area contributed by atoms with Gasteiger partial charge in [0.1, 0.15) is 11.3 Å². The van der Waals surface area contributed by atoms with Gasteiger partial charge in [0.25, 0.3) is 0 Å². The van der Waals surface area contributed by atoms with Gasteiger partial charge < -0.3 is 19.3 Å². The smallest absolute Gasteiger partial charge is 0.410 e. The molecule has 0 N–H and O–H groups in total. The summed E-state index contributed by atoms with van der Waals surface area (Å²) in [6, 6.07) is 3.53. The first kappa shape index (κ1) is 18.0. The standard InChI is InChI=1S/C17H25N3O4/c1-12-14(7-6-13(18-12)15(21)23-5)19-8-10-20(11-9-19)16(22)24-17(2,3)4/h6-7H,8-11H2,1-5H3. The lowest BCUT2D eigenvalue weighted by molar-refractivity contribution is 0.0240. The van der Waals surface area contributed by atoms with E-state index >= 15 is 0 Å². The maximum absolute atomic E-state index is 12.1. The van der Waals surface area contributed by atoms with E-state index in [9.17, 15) is 9.59 Å². The Morgan fingerprint density at radius 2 is 1.75 bits per heavy atom. The third kappa shape index (κ3) is 4.37. The van der Waals surface area contributed by atoms with Crippen molar-refractivity contribution in [3.8, 4) is 0 Å². The van der Waals surface area contributed by atoms with Crippen LogP contribution in [0.3, 0.4) is 0 Å². The Kier molecular flexibility index (Phi) is 5.31. The van der Waals surface area contributed by atoms with Gasteiger partial charge in [-0.3, -0.25) is 0 Å². The van der Waals surface area contributed by atoms with Gasteiger partial charge >= 0.3 is 12.1 Å². The van der Waals surface area contributed by atoms with Crippen LogP contribution in [0.1, 0.15) is 37.0 Å². The minimum absolute atomic E-state index is 0.280. The molecule has 2 rings (SSSR count). The van der Waals surface area contributed by atoms with Gasteiger partial charge in [-0.2, -0.15) is 0 Å². The lowest BCUT2D eigenvalue weighted by Crippen LogP contribution is -2.50. The average molecular weight is 335 g/mol. The highest BCUT2D eigenvalue weighted by molar-refractivity contribution is 5.87. The second-order valence-electron chi connectivity index (χ2n) is 6.75. The van der Waals surface area contributed by atoms with E-state index in [4.69, 9.17) is 4.74 Å². The molecule has 7 nitrogen and oxygen atoms in total. The second-order valence-corrected chi connectivity index (χ2v) is 6.75. The molecule has 24 heavy (non-hydrogen) atoms. The molecule has 1 amide bonds. The Hall–Kier alpha value is -2.31. The van der Waals surface area contributed by atoms with Gasteiger partial charge in [0.15, 0.2) is 0 Å². The predicted molar refractivity (Wildman–Crippen MR) is 90.3 cm³/mol. The van der Waals surface area contributed by atoms with Crippen molar-refractivity contribution in [2.24, 2.45) is 0 Å². The van der Waals surface area contributed by atoms with Crippen LogP contribution < -0.4 is 4.90 Å². The lowest BCUT2D eigenvalue weighted by atomic mass is 10.2. The van der Waals surface area contributed by atoms with Crippen LogP contribution in [0.2, 0.25) is 0 Å². The Morgan fingerprint density at radius 1 is 1.12 bits per heavy atom.